The molecule has 0 bridgehead atoms. The summed E-state index contributed by atoms with van der Waals surface area (Å²) in [5, 5.41) is 13.5. The standard InChI is InChI=1S/C13H19ClN2O/c1-15-9-10-2-3-11(14)8-13(10)16-6-4-12(17)5-7-16/h2-3,8,12,15,17H,4-7,9H2,1H3. The lowest BCUT2D eigenvalue weighted by atomic mass is 10.1. The summed E-state index contributed by atoms with van der Waals surface area (Å²) in [5.74, 6) is 0. The van der Waals surface area contributed by atoms with Gasteiger partial charge < -0.3 is 15.3 Å². The third-order valence-corrected chi connectivity index (χ3v) is 3.45. The molecule has 0 spiro atoms. The third-order valence-electron chi connectivity index (χ3n) is 3.22. The molecule has 17 heavy (non-hydrogen) atoms. The zero-order chi connectivity index (χ0) is 12.3. The highest BCUT2D eigenvalue weighted by molar-refractivity contribution is 6.30. The molecule has 0 unspecified atom stereocenters. The fourth-order valence-electron chi connectivity index (χ4n) is 2.28. The first-order chi connectivity index (χ1) is 8.20. The second kappa shape index (κ2) is 5.71. The summed E-state index contributed by atoms with van der Waals surface area (Å²) in [6.07, 6.45) is 1.54. The number of rotatable bonds is 3. The monoisotopic (exact) mass is 254 g/mol. The van der Waals surface area contributed by atoms with Gasteiger partial charge in [-0.2, -0.15) is 0 Å². The summed E-state index contributed by atoms with van der Waals surface area (Å²) in [7, 11) is 1.94. The maximum absolute atomic E-state index is 9.54. The van der Waals surface area contributed by atoms with E-state index in [1.807, 2.05) is 19.2 Å². The minimum atomic E-state index is -0.141. The highest BCUT2D eigenvalue weighted by Crippen LogP contribution is 2.27. The number of aliphatic hydroxyl groups excluding tert-OH is 1. The van der Waals surface area contributed by atoms with E-state index in [2.05, 4.69) is 16.3 Å². The molecule has 0 radical (unpaired) electrons. The minimum Gasteiger partial charge on any atom is -0.393 e. The molecule has 94 valence electrons. The van der Waals surface area contributed by atoms with Crippen LogP contribution in [-0.2, 0) is 6.54 Å². The van der Waals surface area contributed by atoms with E-state index in [9.17, 15) is 5.11 Å². The second-order valence-corrected chi connectivity index (χ2v) is 4.96. The van der Waals surface area contributed by atoms with Crippen molar-refractivity contribution in [1.29, 1.82) is 0 Å². The number of benzene rings is 1. The Morgan fingerprint density at radius 2 is 2.12 bits per heavy atom. The summed E-state index contributed by atoms with van der Waals surface area (Å²) >= 11 is 6.07. The van der Waals surface area contributed by atoms with Gasteiger partial charge in [0.1, 0.15) is 0 Å². The summed E-state index contributed by atoms with van der Waals surface area (Å²) in [6.45, 7) is 2.64. The lowest BCUT2D eigenvalue weighted by molar-refractivity contribution is 0.145. The van der Waals surface area contributed by atoms with Gasteiger partial charge >= 0.3 is 0 Å². The van der Waals surface area contributed by atoms with Gasteiger partial charge in [-0.15, -0.1) is 0 Å². The first-order valence-corrected chi connectivity index (χ1v) is 6.44. The van der Waals surface area contributed by atoms with Crippen molar-refractivity contribution < 1.29 is 5.11 Å². The number of anilines is 1. The van der Waals surface area contributed by atoms with E-state index in [-0.39, 0.29) is 6.10 Å². The molecule has 1 heterocycles. The molecule has 4 heteroatoms. The van der Waals surface area contributed by atoms with E-state index < -0.39 is 0 Å². The number of nitrogens with one attached hydrogen (secondary N) is 1. The van der Waals surface area contributed by atoms with Gasteiger partial charge in [-0.25, -0.2) is 0 Å². The average molecular weight is 255 g/mol. The summed E-state index contributed by atoms with van der Waals surface area (Å²) < 4.78 is 0. The molecule has 0 aromatic heterocycles. The third kappa shape index (κ3) is 3.12. The van der Waals surface area contributed by atoms with E-state index in [0.717, 1.165) is 37.5 Å². The van der Waals surface area contributed by atoms with Crippen molar-refractivity contribution in [2.75, 3.05) is 25.0 Å². The Balaban J connectivity index is 2.20. The van der Waals surface area contributed by atoms with Crippen LogP contribution in [0.5, 0.6) is 0 Å². The second-order valence-electron chi connectivity index (χ2n) is 4.52. The van der Waals surface area contributed by atoms with Gasteiger partial charge in [-0.05, 0) is 37.6 Å². The highest BCUT2D eigenvalue weighted by atomic mass is 35.5. The normalized spacial score (nSPS) is 17.5. The Labute approximate surface area is 107 Å². The van der Waals surface area contributed by atoms with Crippen LogP contribution in [0.1, 0.15) is 18.4 Å². The molecule has 1 aliphatic heterocycles. The van der Waals surface area contributed by atoms with E-state index in [4.69, 9.17) is 11.6 Å². The SMILES string of the molecule is CNCc1ccc(Cl)cc1N1CCC(O)CC1. The van der Waals surface area contributed by atoms with Gasteiger partial charge in [0.05, 0.1) is 6.10 Å². The molecule has 2 N–H and O–H groups in total. The van der Waals surface area contributed by atoms with Crippen LogP contribution >= 0.6 is 11.6 Å². The van der Waals surface area contributed by atoms with Crippen LogP contribution in [0.3, 0.4) is 0 Å². The maximum Gasteiger partial charge on any atom is 0.0574 e. The summed E-state index contributed by atoms with van der Waals surface area (Å²) in [5.41, 5.74) is 2.45. The van der Waals surface area contributed by atoms with E-state index in [1.165, 1.54) is 11.3 Å². The molecule has 1 aromatic carbocycles. The smallest absolute Gasteiger partial charge is 0.0574 e. The van der Waals surface area contributed by atoms with Gasteiger partial charge in [0, 0.05) is 30.3 Å². The molecule has 0 atom stereocenters. The summed E-state index contributed by atoms with van der Waals surface area (Å²) in [6, 6.07) is 6.02. The molecule has 0 saturated carbocycles. The molecule has 0 aliphatic carbocycles. The van der Waals surface area contributed by atoms with E-state index >= 15 is 0 Å². The van der Waals surface area contributed by atoms with Gasteiger partial charge in [0.15, 0.2) is 0 Å². The number of halogens is 1. The van der Waals surface area contributed by atoms with Gasteiger partial charge in [-0.3, -0.25) is 0 Å². The molecule has 1 aliphatic rings. The Kier molecular flexibility index (Phi) is 4.26. The predicted molar refractivity (Wildman–Crippen MR) is 71.7 cm³/mol. The zero-order valence-corrected chi connectivity index (χ0v) is 10.9. The van der Waals surface area contributed by atoms with Crippen molar-refractivity contribution in [2.24, 2.45) is 0 Å². The lowest BCUT2D eigenvalue weighted by Gasteiger charge is -2.33. The van der Waals surface area contributed by atoms with Crippen LogP contribution in [0.15, 0.2) is 18.2 Å². The first-order valence-electron chi connectivity index (χ1n) is 6.06. The molecule has 0 amide bonds. The van der Waals surface area contributed by atoms with Crippen molar-refractivity contribution in [3.8, 4) is 0 Å². The molecular weight excluding hydrogens is 236 g/mol. The van der Waals surface area contributed by atoms with E-state index in [1.54, 1.807) is 0 Å². The van der Waals surface area contributed by atoms with Crippen molar-refractivity contribution in [3.05, 3.63) is 28.8 Å². The minimum absolute atomic E-state index is 0.141. The molecule has 1 saturated heterocycles. The van der Waals surface area contributed by atoms with Crippen LogP contribution in [0.25, 0.3) is 0 Å². The van der Waals surface area contributed by atoms with Crippen LogP contribution < -0.4 is 10.2 Å². The highest BCUT2D eigenvalue weighted by Gasteiger charge is 2.19. The zero-order valence-electron chi connectivity index (χ0n) is 10.1. The number of nitrogens with zero attached hydrogens (tertiary/aromatic N) is 1. The van der Waals surface area contributed by atoms with Gasteiger partial charge in [-0.1, -0.05) is 17.7 Å². The Morgan fingerprint density at radius 1 is 1.41 bits per heavy atom. The number of hydrogen-bond acceptors (Lipinski definition) is 3. The topological polar surface area (TPSA) is 35.5 Å². The summed E-state index contributed by atoms with van der Waals surface area (Å²) in [4.78, 5) is 2.31. The van der Waals surface area contributed by atoms with Crippen LogP contribution in [0.2, 0.25) is 5.02 Å². The van der Waals surface area contributed by atoms with Crippen LogP contribution in [0.4, 0.5) is 5.69 Å². The van der Waals surface area contributed by atoms with Gasteiger partial charge in [0.2, 0.25) is 0 Å². The van der Waals surface area contributed by atoms with Crippen molar-refractivity contribution in [1.82, 2.24) is 5.32 Å². The molecule has 3 nitrogen and oxygen atoms in total. The maximum atomic E-state index is 9.54. The molecule has 2 rings (SSSR count). The average Bonchev–Trinajstić information content (AvgIpc) is 2.33. The van der Waals surface area contributed by atoms with Gasteiger partial charge in [0.25, 0.3) is 0 Å². The fourth-order valence-corrected chi connectivity index (χ4v) is 2.44. The molecule has 1 aromatic rings. The Hall–Kier alpha value is -0.770. The van der Waals surface area contributed by atoms with Crippen molar-refractivity contribution >= 4 is 17.3 Å². The van der Waals surface area contributed by atoms with E-state index in [0.29, 0.717) is 0 Å². The molecule has 1 fully saturated rings. The quantitative estimate of drug-likeness (QED) is 0.866. The number of piperidine rings is 1. The van der Waals surface area contributed by atoms with Crippen LogP contribution in [0, 0.1) is 0 Å². The number of aliphatic hydroxyl groups is 1. The first kappa shape index (κ1) is 12.7. The lowest BCUT2D eigenvalue weighted by Crippen LogP contribution is -2.36. The van der Waals surface area contributed by atoms with Crippen molar-refractivity contribution in [3.63, 3.8) is 0 Å². The Morgan fingerprint density at radius 3 is 2.76 bits per heavy atom. The Bertz CT molecular complexity index is 376. The number of hydrogen-bond donors (Lipinski definition) is 2. The van der Waals surface area contributed by atoms with Crippen LogP contribution in [-0.4, -0.2) is 31.3 Å². The fraction of sp³-hybridized carbons (Fsp3) is 0.538. The largest absolute Gasteiger partial charge is 0.393 e. The molecular formula is C13H19ClN2O. The van der Waals surface area contributed by atoms with Crippen molar-refractivity contribution in [2.45, 2.75) is 25.5 Å². The predicted octanol–water partition coefficient (Wildman–Crippen LogP) is 2.02.